The minimum atomic E-state index is -1.53. The lowest BCUT2D eigenvalue weighted by Crippen LogP contribution is -2.39. The summed E-state index contributed by atoms with van der Waals surface area (Å²) >= 11 is 6.27. The van der Waals surface area contributed by atoms with E-state index in [0.717, 1.165) is 0 Å². The fourth-order valence-corrected chi connectivity index (χ4v) is 5.13. The number of carbonyl (C=O) groups excluding carboxylic acids is 6. The molecule has 42 heavy (non-hydrogen) atoms. The molecule has 0 spiro atoms. The largest absolute Gasteiger partial charge is 0.463 e. The lowest BCUT2D eigenvalue weighted by Gasteiger charge is -2.28. The van der Waals surface area contributed by atoms with Crippen LogP contribution in [0.15, 0.2) is 58.9 Å². The van der Waals surface area contributed by atoms with E-state index in [1.807, 2.05) is 0 Å². The van der Waals surface area contributed by atoms with Crippen molar-refractivity contribution in [3.8, 4) is 0 Å². The van der Waals surface area contributed by atoms with Gasteiger partial charge < -0.3 is 24.8 Å². The third-order valence-corrected chi connectivity index (χ3v) is 6.95. The first kappa shape index (κ1) is 30.2. The second-order valence-electron chi connectivity index (χ2n) is 9.28. The summed E-state index contributed by atoms with van der Waals surface area (Å²) in [7, 11) is 0. The van der Waals surface area contributed by atoms with Crippen LogP contribution < -0.4 is 10.6 Å². The zero-order valence-corrected chi connectivity index (χ0v) is 24.0. The SMILES string of the molecule is CCOC(=O)C1=C(C)NC(C)=C(C(=O)OCC)C1C(=O)OCC(=O)Nc1ccc(Cl)c2c1C(=O)c1ccccc1C2=O. The molecule has 11 nitrogen and oxygen atoms in total. The van der Waals surface area contributed by atoms with Crippen molar-refractivity contribution in [2.24, 2.45) is 5.92 Å². The van der Waals surface area contributed by atoms with Gasteiger partial charge in [0.15, 0.2) is 18.2 Å². The van der Waals surface area contributed by atoms with Crippen LogP contribution in [-0.4, -0.2) is 55.2 Å². The number of carbonyl (C=O) groups is 6. The Bertz CT molecular complexity index is 1570. The van der Waals surface area contributed by atoms with E-state index in [1.165, 1.54) is 38.1 Å². The molecule has 218 valence electrons. The number of rotatable bonds is 8. The maximum atomic E-state index is 13.4. The Labute approximate surface area is 245 Å². The van der Waals surface area contributed by atoms with Crippen molar-refractivity contribution in [3.63, 3.8) is 0 Å². The van der Waals surface area contributed by atoms with E-state index in [0.29, 0.717) is 0 Å². The van der Waals surface area contributed by atoms with Gasteiger partial charge >= 0.3 is 17.9 Å². The highest BCUT2D eigenvalue weighted by Crippen LogP contribution is 2.36. The topological polar surface area (TPSA) is 154 Å². The van der Waals surface area contributed by atoms with Gasteiger partial charge in [-0.25, -0.2) is 9.59 Å². The standard InChI is InChI=1S/C30H27ClN2O9/c1-5-40-28(37)21-14(3)32-15(4)22(29(38)41-6-2)25(21)30(39)42-13-20(34)33-19-12-11-18(31)23-24(19)27(36)17-10-8-7-9-16(17)26(23)35/h7-12,25,32H,5-6,13H2,1-4H3,(H,33,34). The molecule has 0 unspecified atom stereocenters. The van der Waals surface area contributed by atoms with Gasteiger partial charge in [0.05, 0.1) is 46.2 Å². The van der Waals surface area contributed by atoms with E-state index in [1.54, 1.807) is 26.0 Å². The molecule has 1 amide bonds. The minimum Gasteiger partial charge on any atom is -0.463 e. The average molecular weight is 595 g/mol. The summed E-state index contributed by atoms with van der Waals surface area (Å²) < 4.78 is 15.5. The lowest BCUT2D eigenvalue weighted by atomic mass is 9.83. The van der Waals surface area contributed by atoms with Crippen LogP contribution in [0.1, 0.15) is 59.5 Å². The molecule has 1 aliphatic carbocycles. The Morgan fingerprint density at radius 2 is 1.33 bits per heavy atom. The molecule has 2 N–H and O–H groups in total. The van der Waals surface area contributed by atoms with E-state index in [4.69, 9.17) is 25.8 Å². The van der Waals surface area contributed by atoms with Gasteiger partial charge in [0.1, 0.15) is 5.92 Å². The molecule has 2 aromatic rings. The van der Waals surface area contributed by atoms with Crippen LogP contribution in [0.2, 0.25) is 5.02 Å². The Hall–Kier alpha value is -4.77. The molecule has 4 rings (SSSR count). The lowest BCUT2D eigenvalue weighted by molar-refractivity contribution is -0.153. The van der Waals surface area contributed by atoms with Crippen molar-refractivity contribution < 1.29 is 43.0 Å². The van der Waals surface area contributed by atoms with E-state index >= 15 is 0 Å². The number of esters is 3. The van der Waals surface area contributed by atoms with Gasteiger partial charge in [-0.05, 0) is 39.8 Å². The van der Waals surface area contributed by atoms with Crippen LogP contribution >= 0.6 is 11.6 Å². The number of benzene rings is 2. The number of allylic oxidation sites excluding steroid dienone is 2. The molecule has 12 heteroatoms. The number of nitrogens with one attached hydrogen (secondary N) is 2. The fourth-order valence-electron chi connectivity index (χ4n) is 4.88. The summed E-state index contributed by atoms with van der Waals surface area (Å²) in [5.74, 6) is -6.13. The first-order chi connectivity index (χ1) is 20.0. The molecule has 0 saturated heterocycles. The summed E-state index contributed by atoms with van der Waals surface area (Å²) in [5, 5.41) is 5.42. The number of hydrogen-bond acceptors (Lipinski definition) is 10. The van der Waals surface area contributed by atoms with E-state index in [9.17, 15) is 28.8 Å². The molecule has 0 saturated carbocycles. The molecule has 0 radical (unpaired) electrons. The van der Waals surface area contributed by atoms with Crippen molar-refractivity contribution in [3.05, 3.63) is 86.2 Å². The van der Waals surface area contributed by atoms with Crippen molar-refractivity contribution in [1.82, 2.24) is 5.32 Å². The second-order valence-corrected chi connectivity index (χ2v) is 9.69. The zero-order chi connectivity index (χ0) is 30.7. The van der Waals surface area contributed by atoms with Gasteiger partial charge in [-0.1, -0.05) is 35.9 Å². The molecule has 1 aliphatic heterocycles. The molecule has 0 aromatic heterocycles. The molecule has 0 atom stereocenters. The van der Waals surface area contributed by atoms with Gasteiger partial charge in [-0.15, -0.1) is 0 Å². The molecular formula is C30H27ClN2O9. The maximum absolute atomic E-state index is 13.4. The normalized spacial score (nSPS) is 14.5. The highest BCUT2D eigenvalue weighted by atomic mass is 35.5. The molecular weight excluding hydrogens is 568 g/mol. The number of amides is 1. The smallest absolute Gasteiger partial charge is 0.337 e. The average Bonchev–Trinajstić information content (AvgIpc) is 2.95. The van der Waals surface area contributed by atoms with Crippen molar-refractivity contribution in [1.29, 1.82) is 0 Å². The first-order valence-electron chi connectivity index (χ1n) is 13.0. The van der Waals surface area contributed by atoms with Gasteiger partial charge in [-0.2, -0.15) is 0 Å². The monoisotopic (exact) mass is 594 g/mol. The van der Waals surface area contributed by atoms with Gasteiger partial charge in [0, 0.05) is 22.5 Å². The Morgan fingerprint density at radius 1 is 0.810 bits per heavy atom. The predicted molar refractivity (Wildman–Crippen MR) is 150 cm³/mol. The second kappa shape index (κ2) is 12.4. The number of fused-ring (bicyclic) bond motifs is 2. The van der Waals surface area contributed by atoms with Crippen molar-refractivity contribution >= 4 is 52.7 Å². The summed E-state index contributed by atoms with van der Waals surface area (Å²) in [6.07, 6.45) is 0. The molecule has 0 bridgehead atoms. The van der Waals surface area contributed by atoms with Crippen LogP contribution in [0.25, 0.3) is 0 Å². The third kappa shape index (κ3) is 5.55. The molecule has 1 heterocycles. The molecule has 0 fully saturated rings. The van der Waals surface area contributed by atoms with Crippen LogP contribution in [0.3, 0.4) is 0 Å². The predicted octanol–water partition coefficient (Wildman–Crippen LogP) is 3.49. The number of dihydropyridines is 1. The number of anilines is 1. The molecule has 2 aromatic carbocycles. The zero-order valence-electron chi connectivity index (χ0n) is 23.2. The summed E-state index contributed by atoms with van der Waals surface area (Å²) in [6.45, 7) is 5.41. The number of halogens is 1. The summed E-state index contributed by atoms with van der Waals surface area (Å²) in [4.78, 5) is 78.3. The van der Waals surface area contributed by atoms with E-state index in [2.05, 4.69) is 10.6 Å². The Kier molecular flexibility index (Phi) is 8.91. The number of ketones is 2. The molecule has 2 aliphatic rings. The number of ether oxygens (including phenoxy) is 3. The Balaban J connectivity index is 1.59. The van der Waals surface area contributed by atoms with Gasteiger partial charge in [0.25, 0.3) is 5.91 Å². The van der Waals surface area contributed by atoms with Crippen LogP contribution in [0, 0.1) is 5.92 Å². The van der Waals surface area contributed by atoms with E-state index < -0.39 is 47.9 Å². The van der Waals surface area contributed by atoms with Crippen LogP contribution in [0.4, 0.5) is 5.69 Å². The fraction of sp³-hybridized carbons (Fsp3) is 0.267. The Morgan fingerprint density at radius 3 is 1.86 bits per heavy atom. The van der Waals surface area contributed by atoms with Crippen LogP contribution in [0.5, 0.6) is 0 Å². The van der Waals surface area contributed by atoms with Crippen LogP contribution in [-0.2, 0) is 33.4 Å². The van der Waals surface area contributed by atoms with Crippen molar-refractivity contribution in [2.45, 2.75) is 27.7 Å². The third-order valence-electron chi connectivity index (χ3n) is 6.63. The minimum absolute atomic E-state index is 0.00364. The maximum Gasteiger partial charge on any atom is 0.337 e. The van der Waals surface area contributed by atoms with E-state index in [-0.39, 0.29) is 68.7 Å². The van der Waals surface area contributed by atoms with Crippen molar-refractivity contribution in [2.75, 3.05) is 25.1 Å². The number of hydrogen-bond donors (Lipinski definition) is 2. The first-order valence-corrected chi connectivity index (χ1v) is 13.4. The highest BCUT2D eigenvalue weighted by molar-refractivity contribution is 6.40. The van der Waals surface area contributed by atoms with Gasteiger partial charge in [-0.3, -0.25) is 19.2 Å². The van der Waals surface area contributed by atoms with Gasteiger partial charge in [0.2, 0.25) is 0 Å². The summed E-state index contributed by atoms with van der Waals surface area (Å²) in [6, 6.07) is 8.98. The highest BCUT2D eigenvalue weighted by Gasteiger charge is 2.43. The quantitative estimate of drug-likeness (QED) is 0.292. The summed E-state index contributed by atoms with van der Waals surface area (Å²) in [5.41, 5.74) is 0.417.